The molecule has 3 aromatic rings. The second-order valence-corrected chi connectivity index (χ2v) is 9.39. The number of aryl methyl sites for hydroxylation is 1. The van der Waals surface area contributed by atoms with Crippen LogP contribution < -0.4 is 25.0 Å². The third-order valence-corrected chi connectivity index (χ3v) is 6.89. The van der Waals surface area contributed by atoms with Gasteiger partial charge in [0.05, 0.1) is 38.1 Å². The summed E-state index contributed by atoms with van der Waals surface area (Å²) in [6.45, 7) is 5.60. The molecular formula is C29H33N3O6. The molecule has 4 rings (SSSR count). The average molecular weight is 520 g/mol. The van der Waals surface area contributed by atoms with Crippen LogP contribution in [0.5, 0.6) is 11.5 Å². The molecule has 0 saturated carbocycles. The maximum atomic E-state index is 14.1. The number of benzene rings is 3. The molecule has 0 saturated heterocycles. The number of hydrogen-bond donors (Lipinski definition) is 2. The maximum Gasteiger partial charge on any atom is 0.337 e. The van der Waals surface area contributed by atoms with Gasteiger partial charge in [-0.15, -0.1) is 0 Å². The predicted molar refractivity (Wildman–Crippen MR) is 145 cm³/mol. The fourth-order valence-electron chi connectivity index (χ4n) is 4.58. The summed E-state index contributed by atoms with van der Waals surface area (Å²) in [5, 5.41) is 7.38. The van der Waals surface area contributed by atoms with Crippen molar-refractivity contribution >= 4 is 34.2 Å². The highest BCUT2D eigenvalue weighted by Gasteiger charge is 2.38. The quantitative estimate of drug-likeness (QED) is 0.461. The van der Waals surface area contributed by atoms with Gasteiger partial charge in [0.25, 0.3) is 5.91 Å². The summed E-state index contributed by atoms with van der Waals surface area (Å²) >= 11 is 0. The van der Waals surface area contributed by atoms with Crippen molar-refractivity contribution in [3.8, 4) is 11.5 Å². The van der Waals surface area contributed by atoms with E-state index in [1.54, 1.807) is 45.0 Å². The third kappa shape index (κ3) is 5.15. The summed E-state index contributed by atoms with van der Waals surface area (Å²) in [4.78, 5) is 40.6. The van der Waals surface area contributed by atoms with Crippen molar-refractivity contribution in [3.05, 3.63) is 65.2 Å². The van der Waals surface area contributed by atoms with Crippen LogP contribution in [0.1, 0.15) is 35.3 Å². The minimum atomic E-state index is -0.919. The number of amides is 2. The Hall–Kier alpha value is -4.11. The summed E-state index contributed by atoms with van der Waals surface area (Å²) < 4.78 is 16.8. The van der Waals surface area contributed by atoms with Crippen molar-refractivity contribution in [2.45, 2.75) is 45.5 Å². The van der Waals surface area contributed by atoms with Crippen molar-refractivity contribution in [1.82, 2.24) is 10.6 Å². The first-order chi connectivity index (χ1) is 18.2. The van der Waals surface area contributed by atoms with Crippen LogP contribution in [0.3, 0.4) is 0 Å². The van der Waals surface area contributed by atoms with Gasteiger partial charge in [0.1, 0.15) is 23.6 Å². The minimum absolute atomic E-state index is 0.150. The first-order valence-corrected chi connectivity index (χ1v) is 12.4. The molecule has 0 aliphatic carbocycles. The Labute approximate surface area is 222 Å². The normalized spacial score (nSPS) is 17.7. The van der Waals surface area contributed by atoms with E-state index in [1.165, 1.54) is 7.11 Å². The molecule has 38 heavy (non-hydrogen) atoms. The Morgan fingerprint density at radius 3 is 2.55 bits per heavy atom. The van der Waals surface area contributed by atoms with Crippen LogP contribution in [0, 0.1) is 6.92 Å². The van der Waals surface area contributed by atoms with Gasteiger partial charge < -0.3 is 29.7 Å². The van der Waals surface area contributed by atoms with Gasteiger partial charge in [-0.2, -0.15) is 0 Å². The van der Waals surface area contributed by atoms with Gasteiger partial charge in [0.15, 0.2) is 0 Å². The molecule has 0 spiro atoms. The Bertz CT molecular complexity index is 1390. The molecule has 1 heterocycles. The summed E-state index contributed by atoms with van der Waals surface area (Å²) in [6.07, 6.45) is -0.613. The van der Waals surface area contributed by atoms with Gasteiger partial charge in [-0.25, -0.2) is 4.79 Å². The SMILES string of the molecule is CN[C@@H](C)C(=O)N[C@@H]1C(=O)N(Cc2c(OC)ccc3cc(C(=O)OC)ccc23)c2ccc(C)cc2O[C@H]1C. The molecule has 1 aliphatic heterocycles. The van der Waals surface area contributed by atoms with Crippen molar-refractivity contribution in [3.63, 3.8) is 0 Å². The second-order valence-electron chi connectivity index (χ2n) is 9.39. The Morgan fingerprint density at radius 2 is 1.87 bits per heavy atom. The molecule has 0 unspecified atom stereocenters. The van der Waals surface area contributed by atoms with E-state index in [4.69, 9.17) is 14.2 Å². The molecule has 3 aromatic carbocycles. The fourth-order valence-corrected chi connectivity index (χ4v) is 4.58. The van der Waals surface area contributed by atoms with Crippen molar-refractivity contribution in [2.75, 3.05) is 26.2 Å². The number of nitrogens with zero attached hydrogens (tertiary/aromatic N) is 1. The summed E-state index contributed by atoms with van der Waals surface area (Å²) in [6, 6.07) is 13.2. The van der Waals surface area contributed by atoms with E-state index in [0.717, 1.165) is 21.9 Å². The van der Waals surface area contributed by atoms with Crippen LogP contribution in [0.2, 0.25) is 0 Å². The first kappa shape index (κ1) is 26.9. The van der Waals surface area contributed by atoms with Crippen LogP contribution in [-0.2, 0) is 20.9 Å². The van der Waals surface area contributed by atoms with E-state index >= 15 is 0 Å². The van der Waals surface area contributed by atoms with Crippen molar-refractivity contribution in [1.29, 1.82) is 0 Å². The van der Waals surface area contributed by atoms with E-state index in [0.29, 0.717) is 22.7 Å². The average Bonchev–Trinajstić information content (AvgIpc) is 3.01. The Kier molecular flexibility index (Phi) is 7.87. The molecule has 1 aliphatic rings. The zero-order valence-electron chi connectivity index (χ0n) is 22.5. The van der Waals surface area contributed by atoms with Gasteiger partial charge >= 0.3 is 5.97 Å². The summed E-state index contributed by atoms with van der Waals surface area (Å²) in [5.74, 6) is 0.101. The van der Waals surface area contributed by atoms with Crippen molar-refractivity contribution < 1.29 is 28.6 Å². The molecule has 2 N–H and O–H groups in total. The number of nitrogens with one attached hydrogen (secondary N) is 2. The molecule has 2 amide bonds. The monoisotopic (exact) mass is 519 g/mol. The number of hydrogen-bond acceptors (Lipinski definition) is 7. The Morgan fingerprint density at radius 1 is 1.11 bits per heavy atom. The highest BCUT2D eigenvalue weighted by atomic mass is 16.5. The summed E-state index contributed by atoms with van der Waals surface area (Å²) in [5.41, 5.74) is 2.75. The van der Waals surface area contributed by atoms with Crippen LogP contribution in [0.15, 0.2) is 48.5 Å². The topological polar surface area (TPSA) is 106 Å². The van der Waals surface area contributed by atoms with Crippen molar-refractivity contribution in [2.24, 2.45) is 0 Å². The Balaban J connectivity index is 1.83. The van der Waals surface area contributed by atoms with E-state index in [1.807, 2.05) is 43.3 Å². The first-order valence-electron chi connectivity index (χ1n) is 12.4. The molecule has 0 bridgehead atoms. The number of methoxy groups -OCH3 is 2. The molecule has 3 atom stereocenters. The predicted octanol–water partition coefficient (Wildman–Crippen LogP) is 3.35. The van der Waals surface area contributed by atoms with Gasteiger partial charge in [-0.3, -0.25) is 9.59 Å². The lowest BCUT2D eigenvalue weighted by atomic mass is 9.99. The summed E-state index contributed by atoms with van der Waals surface area (Å²) in [7, 11) is 4.59. The molecule has 200 valence electrons. The van der Waals surface area contributed by atoms with Gasteiger partial charge in [0, 0.05) is 5.56 Å². The molecule has 0 aromatic heterocycles. The largest absolute Gasteiger partial charge is 0.496 e. The molecule has 9 heteroatoms. The molecular weight excluding hydrogens is 486 g/mol. The van der Waals surface area contributed by atoms with Crippen LogP contribution in [-0.4, -0.2) is 57.2 Å². The smallest absolute Gasteiger partial charge is 0.337 e. The van der Waals surface area contributed by atoms with Crippen LogP contribution in [0.4, 0.5) is 5.69 Å². The highest BCUT2D eigenvalue weighted by molar-refractivity contribution is 6.03. The lowest BCUT2D eigenvalue weighted by Gasteiger charge is -2.28. The number of fused-ring (bicyclic) bond motifs is 2. The zero-order valence-corrected chi connectivity index (χ0v) is 22.5. The highest BCUT2D eigenvalue weighted by Crippen LogP contribution is 2.38. The van der Waals surface area contributed by atoms with E-state index < -0.39 is 24.2 Å². The van der Waals surface area contributed by atoms with E-state index in [9.17, 15) is 14.4 Å². The fraction of sp³-hybridized carbons (Fsp3) is 0.345. The minimum Gasteiger partial charge on any atom is -0.496 e. The second kappa shape index (κ2) is 11.1. The standard InChI is InChI=1S/C29H33N3O6/c1-16-7-11-23-25(13-16)38-18(3)26(31-27(33)17(2)30-4)28(34)32(23)15-22-21-10-8-20(29(35)37-6)14-19(21)9-12-24(22)36-5/h7-14,17-18,26,30H,15H2,1-6H3,(H,31,33)/t17-,18-,26-/m0/s1. The van der Waals surface area contributed by atoms with E-state index in [2.05, 4.69) is 10.6 Å². The van der Waals surface area contributed by atoms with Crippen LogP contribution in [0.25, 0.3) is 10.8 Å². The third-order valence-electron chi connectivity index (χ3n) is 6.89. The number of carbonyl (C=O) groups is 3. The number of ether oxygens (including phenoxy) is 3. The number of esters is 1. The maximum absolute atomic E-state index is 14.1. The number of rotatable bonds is 7. The number of anilines is 1. The van der Waals surface area contributed by atoms with Gasteiger partial charge in [-0.1, -0.05) is 18.2 Å². The lowest BCUT2D eigenvalue weighted by molar-refractivity contribution is -0.130. The number of likely N-dealkylation sites (N-methyl/N-ethyl adjacent to an activating group) is 1. The van der Waals surface area contributed by atoms with E-state index in [-0.39, 0.29) is 18.4 Å². The molecule has 0 radical (unpaired) electrons. The van der Waals surface area contributed by atoms with Gasteiger partial charge in [-0.05, 0) is 74.5 Å². The molecule has 0 fully saturated rings. The van der Waals surface area contributed by atoms with Crippen LogP contribution >= 0.6 is 0 Å². The van der Waals surface area contributed by atoms with Gasteiger partial charge in [0.2, 0.25) is 5.91 Å². The molecule has 9 nitrogen and oxygen atoms in total. The zero-order chi connectivity index (χ0) is 27.6. The lowest BCUT2D eigenvalue weighted by Crippen LogP contribution is -2.56. The number of carbonyl (C=O) groups excluding carboxylic acids is 3.